The lowest BCUT2D eigenvalue weighted by Gasteiger charge is -2.62. The number of para-hydroxylation sites is 1. The molecule has 8 atom stereocenters. The molecule has 1 aliphatic heterocycles. The Morgan fingerprint density at radius 1 is 1.23 bits per heavy atom. The lowest BCUT2D eigenvalue weighted by molar-refractivity contribution is -0.183. The SMILES string of the molecule is COc1c(CN2O[C@@H](CO)[C@H]([C@H](C)O)[C@H]2C(=O)N[C@H]2C[C@@H]3C[C@H]([C@@H]2C)C3(C)C)cccc1-c1cc(C(=O)NCC(=N)N)cc(N(C)C)c1. The molecule has 2 aromatic rings. The summed E-state index contributed by atoms with van der Waals surface area (Å²) >= 11 is 0. The Bertz CT molecular complexity index is 1530. The van der Waals surface area contributed by atoms with E-state index in [9.17, 15) is 19.8 Å². The van der Waals surface area contributed by atoms with Crippen molar-refractivity contribution in [2.24, 2.45) is 34.8 Å². The van der Waals surface area contributed by atoms with E-state index >= 15 is 0 Å². The number of nitrogens with one attached hydrogen (secondary N) is 3. The van der Waals surface area contributed by atoms with Gasteiger partial charge in [0.05, 0.1) is 32.9 Å². The lowest BCUT2D eigenvalue weighted by Crippen LogP contribution is -2.62. The number of aliphatic hydroxyl groups excluding tert-OH is 2. The standard InChI is InChI=1S/C36H52N6O6/c1-19-27-14-24(36(27,3)4)15-28(19)40-35(46)32-31(20(2)44)29(18-43)48-42(32)17-21-9-8-10-26(33(21)47-7)22-11-23(13-25(12-22)41(5)6)34(45)39-16-30(37)38/h8-13,19-20,24,27-29,31-32,43-44H,14-18H2,1-7H3,(H3,37,38)(H,39,45)(H,40,46)/t19-,20-,24-,27+,28-,29-,31-,32-/m0/s1. The summed E-state index contributed by atoms with van der Waals surface area (Å²) in [5.41, 5.74) is 9.10. The Morgan fingerprint density at radius 3 is 2.54 bits per heavy atom. The van der Waals surface area contributed by atoms with Gasteiger partial charge in [-0.25, -0.2) is 0 Å². The highest BCUT2D eigenvalue weighted by molar-refractivity contribution is 5.99. The average Bonchev–Trinajstić information content (AvgIpc) is 3.42. The Kier molecular flexibility index (Phi) is 10.4. The van der Waals surface area contributed by atoms with Crippen molar-refractivity contribution < 1.29 is 29.4 Å². The van der Waals surface area contributed by atoms with Crippen LogP contribution in [0.3, 0.4) is 0 Å². The molecule has 12 nitrogen and oxygen atoms in total. The quantitative estimate of drug-likeness (QED) is 0.147. The molecule has 4 fully saturated rings. The first-order valence-corrected chi connectivity index (χ1v) is 16.8. The van der Waals surface area contributed by atoms with E-state index in [2.05, 4.69) is 31.4 Å². The van der Waals surface area contributed by atoms with Crippen molar-refractivity contribution >= 4 is 23.3 Å². The number of aliphatic hydroxyl groups is 2. The molecule has 262 valence electrons. The molecule has 4 aliphatic rings. The number of rotatable bonds is 12. The van der Waals surface area contributed by atoms with Crippen LogP contribution in [-0.2, 0) is 16.2 Å². The number of carbonyl (C=O) groups excluding carboxylic acids is 2. The zero-order chi connectivity index (χ0) is 35.1. The highest BCUT2D eigenvalue weighted by atomic mass is 16.7. The number of ether oxygens (including phenoxy) is 1. The van der Waals surface area contributed by atoms with Crippen LogP contribution in [0.4, 0.5) is 5.69 Å². The fourth-order valence-electron chi connectivity index (χ4n) is 8.26. The molecule has 0 aromatic heterocycles. The van der Waals surface area contributed by atoms with Crippen molar-refractivity contribution in [3.63, 3.8) is 0 Å². The van der Waals surface area contributed by atoms with Gasteiger partial charge in [-0.05, 0) is 66.7 Å². The first-order chi connectivity index (χ1) is 22.7. The van der Waals surface area contributed by atoms with Gasteiger partial charge in [0.1, 0.15) is 23.7 Å². The Morgan fingerprint density at radius 2 is 1.96 bits per heavy atom. The summed E-state index contributed by atoms with van der Waals surface area (Å²) in [6.07, 6.45) is 0.441. The molecular formula is C36H52N6O6. The third-order valence-electron chi connectivity index (χ3n) is 11.1. The molecule has 3 saturated carbocycles. The van der Waals surface area contributed by atoms with Crippen LogP contribution >= 0.6 is 0 Å². The summed E-state index contributed by atoms with van der Waals surface area (Å²) in [7, 11) is 5.34. The van der Waals surface area contributed by atoms with Crippen LogP contribution in [0.5, 0.6) is 5.75 Å². The van der Waals surface area contributed by atoms with Gasteiger partial charge in [0.15, 0.2) is 0 Å². The summed E-state index contributed by atoms with van der Waals surface area (Å²) in [6, 6.07) is 10.3. The monoisotopic (exact) mass is 664 g/mol. The van der Waals surface area contributed by atoms with Crippen LogP contribution < -0.4 is 26.0 Å². The maximum absolute atomic E-state index is 14.1. The fourth-order valence-corrected chi connectivity index (χ4v) is 8.26. The van der Waals surface area contributed by atoms with E-state index in [1.165, 1.54) is 6.42 Å². The minimum absolute atomic E-state index is 0.0302. The first-order valence-electron chi connectivity index (χ1n) is 16.8. The number of fused-ring (bicyclic) bond motifs is 2. The number of benzene rings is 2. The summed E-state index contributed by atoms with van der Waals surface area (Å²) < 4.78 is 5.98. The minimum Gasteiger partial charge on any atom is -0.496 e. The van der Waals surface area contributed by atoms with Gasteiger partial charge in [0, 0.05) is 48.4 Å². The lowest BCUT2D eigenvalue weighted by atomic mass is 9.45. The maximum atomic E-state index is 14.1. The van der Waals surface area contributed by atoms with E-state index < -0.39 is 24.2 Å². The Labute approximate surface area is 283 Å². The molecule has 7 N–H and O–H groups in total. The predicted octanol–water partition coefficient (Wildman–Crippen LogP) is 2.75. The molecule has 48 heavy (non-hydrogen) atoms. The van der Waals surface area contributed by atoms with Gasteiger partial charge in [-0.1, -0.05) is 39.0 Å². The van der Waals surface area contributed by atoms with Crippen LogP contribution in [0.15, 0.2) is 36.4 Å². The normalized spacial score (nSPS) is 28.2. The summed E-state index contributed by atoms with van der Waals surface area (Å²) in [5, 5.41) is 36.2. The summed E-state index contributed by atoms with van der Waals surface area (Å²) in [4.78, 5) is 35.3. The number of amidine groups is 1. The van der Waals surface area contributed by atoms with Crippen LogP contribution in [0.25, 0.3) is 11.1 Å². The molecule has 2 amide bonds. The van der Waals surface area contributed by atoms with Gasteiger partial charge in [0.2, 0.25) is 5.91 Å². The van der Waals surface area contributed by atoms with E-state index in [0.29, 0.717) is 29.1 Å². The smallest absolute Gasteiger partial charge is 0.251 e. The van der Waals surface area contributed by atoms with Gasteiger partial charge < -0.3 is 36.2 Å². The third kappa shape index (κ3) is 6.76. The van der Waals surface area contributed by atoms with E-state index in [0.717, 1.165) is 28.8 Å². The molecule has 12 heteroatoms. The summed E-state index contributed by atoms with van der Waals surface area (Å²) in [6.45, 7) is 8.23. The molecule has 0 unspecified atom stereocenters. The minimum atomic E-state index is -0.909. The third-order valence-corrected chi connectivity index (χ3v) is 11.1. The van der Waals surface area contributed by atoms with E-state index in [1.54, 1.807) is 31.2 Å². The Hall–Kier alpha value is -3.71. The van der Waals surface area contributed by atoms with Crippen LogP contribution in [-0.4, -0.2) is 91.6 Å². The van der Waals surface area contributed by atoms with Crippen molar-refractivity contribution in [2.45, 2.75) is 71.4 Å². The molecule has 2 bridgehead atoms. The number of anilines is 1. The van der Waals surface area contributed by atoms with Crippen LogP contribution in [0.1, 0.15) is 56.5 Å². The van der Waals surface area contributed by atoms with Crippen molar-refractivity contribution in [1.29, 1.82) is 5.41 Å². The van der Waals surface area contributed by atoms with Crippen LogP contribution in [0, 0.1) is 34.5 Å². The van der Waals surface area contributed by atoms with E-state index in [1.807, 2.05) is 43.3 Å². The van der Waals surface area contributed by atoms with Crippen molar-refractivity contribution in [1.82, 2.24) is 15.7 Å². The van der Waals surface area contributed by atoms with Crippen molar-refractivity contribution in [2.75, 3.05) is 39.3 Å². The number of methoxy groups -OCH3 is 1. The maximum Gasteiger partial charge on any atom is 0.251 e. The zero-order valence-corrected chi connectivity index (χ0v) is 29.1. The topological polar surface area (TPSA) is 173 Å². The molecule has 6 rings (SSSR count). The van der Waals surface area contributed by atoms with E-state index in [4.69, 9.17) is 20.7 Å². The molecule has 1 saturated heterocycles. The summed E-state index contributed by atoms with van der Waals surface area (Å²) in [5.74, 6) is 0.600. The average molecular weight is 665 g/mol. The highest BCUT2D eigenvalue weighted by Gasteiger charge is 2.57. The van der Waals surface area contributed by atoms with Crippen molar-refractivity contribution in [3.8, 4) is 16.9 Å². The second-order valence-corrected chi connectivity index (χ2v) is 14.6. The number of carbonyl (C=O) groups is 2. The van der Waals surface area contributed by atoms with E-state index in [-0.39, 0.29) is 48.8 Å². The van der Waals surface area contributed by atoms with Gasteiger partial charge in [-0.15, -0.1) is 0 Å². The predicted molar refractivity (Wildman–Crippen MR) is 185 cm³/mol. The van der Waals surface area contributed by atoms with Gasteiger partial charge in [0.25, 0.3) is 5.91 Å². The number of amides is 2. The fraction of sp³-hybridized carbons (Fsp3) is 0.583. The first kappa shape index (κ1) is 35.6. The van der Waals surface area contributed by atoms with Gasteiger partial charge in [-0.2, -0.15) is 5.06 Å². The molecular weight excluding hydrogens is 612 g/mol. The largest absolute Gasteiger partial charge is 0.496 e. The molecule has 2 aromatic carbocycles. The number of nitrogens with zero attached hydrogens (tertiary/aromatic N) is 2. The zero-order valence-electron chi connectivity index (χ0n) is 29.1. The van der Waals surface area contributed by atoms with Gasteiger partial charge >= 0.3 is 0 Å². The number of nitrogens with two attached hydrogens (primary N) is 1. The number of hydrogen-bond acceptors (Lipinski definition) is 9. The van der Waals surface area contributed by atoms with Crippen LogP contribution in [0.2, 0.25) is 0 Å². The second kappa shape index (κ2) is 14.0. The van der Waals surface area contributed by atoms with Gasteiger partial charge in [-0.3, -0.25) is 19.8 Å². The molecule has 1 heterocycles. The molecule has 0 radical (unpaired) electrons. The second-order valence-electron chi connectivity index (χ2n) is 14.6. The van der Waals surface area contributed by atoms with Crippen molar-refractivity contribution in [3.05, 3.63) is 47.5 Å². The highest BCUT2D eigenvalue weighted by Crippen LogP contribution is 2.61. The number of hydroxylamine groups is 2. The molecule has 3 aliphatic carbocycles. The molecule has 0 spiro atoms. The number of hydrogen-bond donors (Lipinski definition) is 6. The Balaban J connectivity index is 1.46.